The number of nitrogens with zero attached hydrogens (tertiary/aromatic N) is 6. The number of hydrogen-bond acceptors (Lipinski definition) is 7. The summed E-state index contributed by atoms with van der Waals surface area (Å²) in [5, 5.41) is 17.0. The average Bonchev–Trinajstić information content (AvgIpc) is 3.57. The predicted molar refractivity (Wildman–Crippen MR) is 174 cm³/mol. The molecule has 0 bridgehead atoms. The van der Waals surface area contributed by atoms with Crippen LogP contribution in [0.25, 0.3) is 22.1 Å². The van der Waals surface area contributed by atoms with E-state index in [1.807, 2.05) is 49.4 Å². The summed E-state index contributed by atoms with van der Waals surface area (Å²) in [4.78, 5) is 32.3. The normalized spacial score (nSPS) is 12.9. The van der Waals surface area contributed by atoms with E-state index in [0.717, 1.165) is 0 Å². The molecule has 0 aliphatic carbocycles. The Morgan fingerprint density at radius 1 is 1.02 bits per heavy atom. The van der Waals surface area contributed by atoms with Gasteiger partial charge < -0.3 is 5.32 Å². The van der Waals surface area contributed by atoms with Gasteiger partial charge in [-0.1, -0.05) is 42.2 Å². The van der Waals surface area contributed by atoms with Gasteiger partial charge in [-0.15, -0.1) is 0 Å². The molecule has 4 heterocycles. The van der Waals surface area contributed by atoms with Crippen molar-refractivity contribution in [1.29, 1.82) is 0 Å². The predicted octanol–water partition coefficient (Wildman–Crippen LogP) is 3.32. The molecule has 232 valence electrons. The standard InChI is InChI=1S/C33H30N8O4S/c1-20(37-32(42)28-21(2)38-40-17-9-16-35-31(28)40)27-18-24-11-8-10-23(29(24)33(43)41(27)26-12-6-5-7-13-26)14-15-25-19-36-39(4)30(25)22(3)46(34,44)45/h5-13,16-20,22H,1-4H3,(H,37,42)(H2,34,44,45)/t20-,22?/m0/s1. The highest BCUT2D eigenvalue weighted by atomic mass is 32.2. The van der Waals surface area contributed by atoms with Crippen molar-refractivity contribution in [1.82, 2.24) is 34.3 Å². The van der Waals surface area contributed by atoms with Gasteiger partial charge in [-0.25, -0.2) is 23.1 Å². The summed E-state index contributed by atoms with van der Waals surface area (Å²) in [6, 6.07) is 17.5. The Morgan fingerprint density at radius 2 is 1.76 bits per heavy atom. The second kappa shape index (κ2) is 11.7. The number of aryl methyl sites for hydroxylation is 2. The SMILES string of the molecule is Cc1nn2cccnc2c1C(=O)N[C@@H](C)c1cc2cccc(C#Cc3cnn(C)c3C(C)S(N)(=O)=O)c2c(=O)n1-c1ccccc1. The van der Waals surface area contributed by atoms with Crippen LogP contribution < -0.4 is 16.0 Å². The van der Waals surface area contributed by atoms with Crippen LogP contribution in [0.1, 0.15) is 63.7 Å². The zero-order valence-corrected chi connectivity index (χ0v) is 26.3. The lowest BCUT2D eigenvalue weighted by Crippen LogP contribution is -2.32. The number of nitrogens with one attached hydrogen (secondary N) is 1. The first-order valence-electron chi connectivity index (χ1n) is 14.4. The topological polar surface area (TPSA) is 159 Å². The van der Waals surface area contributed by atoms with E-state index in [1.165, 1.54) is 17.8 Å². The van der Waals surface area contributed by atoms with Crippen LogP contribution in [0.2, 0.25) is 0 Å². The molecule has 6 aromatic rings. The molecule has 13 heteroatoms. The first kappa shape index (κ1) is 30.4. The number of nitrogens with two attached hydrogens (primary N) is 1. The maximum atomic E-state index is 14.4. The number of rotatable bonds is 6. The molecule has 0 spiro atoms. The first-order valence-corrected chi connectivity index (χ1v) is 16.0. The summed E-state index contributed by atoms with van der Waals surface area (Å²) in [7, 11) is -2.28. The van der Waals surface area contributed by atoms with Crippen LogP contribution in [-0.4, -0.2) is 43.3 Å². The molecule has 2 aromatic carbocycles. The van der Waals surface area contributed by atoms with E-state index in [9.17, 15) is 18.0 Å². The number of carbonyl (C=O) groups is 1. The van der Waals surface area contributed by atoms with Crippen molar-refractivity contribution in [2.45, 2.75) is 32.1 Å². The summed E-state index contributed by atoms with van der Waals surface area (Å²) in [5.41, 5.74) is 3.33. The third-order valence-electron chi connectivity index (χ3n) is 7.87. The molecule has 0 saturated carbocycles. The number of sulfonamides is 1. The van der Waals surface area contributed by atoms with E-state index in [4.69, 9.17) is 5.14 Å². The quantitative estimate of drug-likeness (QED) is 0.266. The minimum atomic E-state index is -3.90. The maximum Gasteiger partial charge on any atom is 0.264 e. The van der Waals surface area contributed by atoms with Gasteiger partial charge in [0.15, 0.2) is 5.65 Å². The molecular formula is C33H30N8O4S. The number of pyridine rings is 1. The van der Waals surface area contributed by atoms with E-state index >= 15 is 0 Å². The van der Waals surface area contributed by atoms with E-state index in [2.05, 4.69) is 32.3 Å². The van der Waals surface area contributed by atoms with E-state index in [0.29, 0.717) is 55.9 Å². The monoisotopic (exact) mass is 634 g/mol. The molecule has 46 heavy (non-hydrogen) atoms. The van der Waals surface area contributed by atoms with E-state index < -0.39 is 21.3 Å². The summed E-state index contributed by atoms with van der Waals surface area (Å²) >= 11 is 0. The molecule has 1 unspecified atom stereocenters. The zero-order chi connectivity index (χ0) is 32.7. The van der Waals surface area contributed by atoms with Gasteiger partial charge in [-0.2, -0.15) is 10.2 Å². The Bertz CT molecular complexity index is 2380. The Kier molecular flexibility index (Phi) is 7.77. The number of para-hydroxylation sites is 1. The van der Waals surface area contributed by atoms with E-state index in [-0.39, 0.29) is 11.5 Å². The molecule has 12 nitrogen and oxygen atoms in total. The van der Waals surface area contributed by atoms with Gasteiger partial charge in [0.2, 0.25) is 10.0 Å². The van der Waals surface area contributed by atoms with Gasteiger partial charge in [-0.3, -0.25) is 18.8 Å². The van der Waals surface area contributed by atoms with Gasteiger partial charge in [-0.05, 0) is 56.5 Å². The minimum Gasteiger partial charge on any atom is -0.344 e. The Morgan fingerprint density at radius 3 is 2.50 bits per heavy atom. The summed E-state index contributed by atoms with van der Waals surface area (Å²) in [5.74, 6) is 5.71. The lowest BCUT2D eigenvalue weighted by Gasteiger charge is -2.21. The largest absolute Gasteiger partial charge is 0.344 e. The van der Waals surface area contributed by atoms with Gasteiger partial charge in [0.1, 0.15) is 10.8 Å². The Hall–Kier alpha value is -5.58. The van der Waals surface area contributed by atoms with Crippen LogP contribution in [0.15, 0.2) is 84.0 Å². The van der Waals surface area contributed by atoms with Crippen LogP contribution in [0.5, 0.6) is 0 Å². The minimum absolute atomic E-state index is 0.331. The Labute approximate surface area is 264 Å². The number of primary sulfonamides is 1. The van der Waals surface area contributed by atoms with Gasteiger partial charge >= 0.3 is 0 Å². The fraction of sp³-hybridized carbons (Fsp3) is 0.182. The molecule has 6 rings (SSSR count). The van der Waals surface area contributed by atoms with Crippen molar-refractivity contribution in [3.63, 3.8) is 0 Å². The lowest BCUT2D eigenvalue weighted by atomic mass is 10.0. The summed E-state index contributed by atoms with van der Waals surface area (Å²) in [6.45, 7) is 5.03. The van der Waals surface area contributed by atoms with Crippen molar-refractivity contribution in [2.75, 3.05) is 0 Å². The molecule has 0 radical (unpaired) electrons. The molecule has 3 N–H and O–H groups in total. The number of amides is 1. The number of carbonyl (C=O) groups excluding carboxylic acids is 1. The van der Waals surface area contributed by atoms with E-state index in [1.54, 1.807) is 53.6 Å². The highest BCUT2D eigenvalue weighted by Crippen LogP contribution is 2.25. The van der Waals surface area contributed by atoms with Crippen molar-refractivity contribution < 1.29 is 13.2 Å². The summed E-state index contributed by atoms with van der Waals surface area (Å²) < 4.78 is 28.8. The number of hydrogen-bond donors (Lipinski definition) is 2. The van der Waals surface area contributed by atoms with Crippen LogP contribution in [0.4, 0.5) is 0 Å². The van der Waals surface area contributed by atoms with Crippen LogP contribution in [-0.2, 0) is 17.1 Å². The molecule has 0 fully saturated rings. The lowest BCUT2D eigenvalue weighted by molar-refractivity contribution is 0.0939. The highest BCUT2D eigenvalue weighted by Gasteiger charge is 2.25. The molecular weight excluding hydrogens is 604 g/mol. The molecule has 4 aromatic heterocycles. The number of aromatic nitrogens is 6. The highest BCUT2D eigenvalue weighted by molar-refractivity contribution is 7.89. The molecule has 0 aliphatic rings. The van der Waals surface area contributed by atoms with Crippen molar-refractivity contribution in [3.05, 3.63) is 123 Å². The van der Waals surface area contributed by atoms with Crippen molar-refractivity contribution >= 4 is 32.4 Å². The maximum absolute atomic E-state index is 14.4. The fourth-order valence-corrected chi connectivity index (χ4v) is 6.16. The second-order valence-corrected chi connectivity index (χ2v) is 12.8. The van der Waals surface area contributed by atoms with Crippen LogP contribution >= 0.6 is 0 Å². The Balaban J connectivity index is 1.47. The molecule has 0 saturated heterocycles. The average molecular weight is 635 g/mol. The van der Waals surface area contributed by atoms with Gasteiger partial charge in [0.05, 0.1) is 34.6 Å². The second-order valence-electron chi connectivity index (χ2n) is 10.9. The third-order valence-corrected chi connectivity index (χ3v) is 9.08. The zero-order valence-electron chi connectivity index (χ0n) is 25.5. The fourth-order valence-electron chi connectivity index (χ4n) is 5.57. The third kappa shape index (κ3) is 5.44. The number of fused-ring (bicyclic) bond motifs is 2. The smallest absolute Gasteiger partial charge is 0.264 e. The van der Waals surface area contributed by atoms with Gasteiger partial charge in [0, 0.05) is 36.4 Å². The summed E-state index contributed by atoms with van der Waals surface area (Å²) in [6.07, 6.45) is 4.80. The number of benzene rings is 2. The molecule has 2 atom stereocenters. The first-order chi connectivity index (χ1) is 22.0. The van der Waals surface area contributed by atoms with Crippen LogP contribution in [0, 0.1) is 18.8 Å². The van der Waals surface area contributed by atoms with Crippen LogP contribution in [0.3, 0.4) is 0 Å². The molecule has 0 aliphatic heterocycles. The van der Waals surface area contributed by atoms with Gasteiger partial charge in [0.25, 0.3) is 11.5 Å². The molecule has 1 amide bonds. The van der Waals surface area contributed by atoms with Crippen molar-refractivity contribution in [2.24, 2.45) is 12.2 Å². The van der Waals surface area contributed by atoms with Crippen molar-refractivity contribution in [3.8, 4) is 17.5 Å².